The van der Waals surface area contributed by atoms with E-state index in [0.29, 0.717) is 18.5 Å². The molecular weight excluding hydrogens is 312 g/mol. The number of pyridine rings is 1. The predicted octanol–water partition coefficient (Wildman–Crippen LogP) is 2.03. The van der Waals surface area contributed by atoms with Gasteiger partial charge >= 0.3 is 0 Å². The number of piperazine rings is 1. The monoisotopic (exact) mass is 344 g/mol. The summed E-state index contributed by atoms with van der Waals surface area (Å²) in [5.41, 5.74) is 1.35. The summed E-state index contributed by atoms with van der Waals surface area (Å²) >= 11 is 0. The van der Waals surface area contributed by atoms with Crippen LogP contribution >= 0.6 is 0 Å². The van der Waals surface area contributed by atoms with Gasteiger partial charge in [-0.25, -0.2) is 0 Å². The predicted molar refractivity (Wildman–Crippen MR) is 100 cm³/mol. The SMILES string of the molecule is CN(C(=O)CN1CCN(CCc2ccncc2)CC1)C1CCCCC1. The first-order chi connectivity index (χ1) is 12.2. The van der Waals surface area contributed by atoms with E-state index in [1.807, 2.05) is 24.3 Å². The third kappa shape index (κ3) is 5.51. The summed E-state index contributed by atoms with van der Waals surface area (Å²) in [7, 11) is 2.00. The van der Waals surface area contributed by atoms with Crippen molar-refractivity contribution in [1.29, 1.82) is 0 Å². The van der Waals surface area contributed by atoms with E-state index in [1.165, 1.54) is 37.7 Å². The number of likely N-dealkylation sites (N-methyl/N-ethyl adjacent to an activating group) is 1. The van der Waals surface area contributed by atoms with Gasteiger partial charge in [0.05, 0.1) is 6.54 Å². The topological polar surface area (TPSA) is 39.7 Å². The Hall–Kier alpha value is -1.46. The van der Waals surface area contributed by atoms with Gasteiger partial charge in [-0.15, -0.1) is 0 Å². The fourth-order valence-electron chi connectivity index (χ4n) is 3.98. The maximum atomic E-state index is 12.6. The molecule has 0 spiro atoms. The van der Waals surface area contributed by atoms with Crippen molar-refractivity contribution in [2.24, 2.45) is 0 Å². The molecular formula is C20H32N4O. The summed E-state index contributed by atoms with van der Waals surface area (Å²) in [6.45, 7) is 5.80. The van der Waals surface area contributed by atoms with Crippen LogP contribution in [0.5, 0.6) is 0 Å². The molecule has 138 valence electrons. The third-order valence-electron chi connectivity index (χ3n) is 5.81. The van der Waals surface area contributed by atoms with E-state index in [-0.39, 0.29) is 0 Å². The zero-order chi connectivity index (χ0) is 17.5. The molecule has 1 aliphatic heterocycles. The first kappa shape index (κ1) is 18.3. The summed E-state index contributed by atoms with van der Waals surface area (Å²) in [4.78, 5) is 23.5. The summed E-state index contributed by atoms with van der Waals surface area (Å²) in [6, 6.07) is 4.66. The van der Waals surface area contributed by atoms with Crippen molar-refractivity contribution >= 4 is 5.91 Å². The van der Waals surface area contributed by atoms with Gasteiger partial charge in [-0.2, -0.15) is 0 Å². The molecule has 25 heavy (non-hydrogen) atoms. The average Bonchev–Trinajstić information content (AvgIpc) is 2.68. The minimum atomic E-state index is 0.303. The van der Waals surface area contributed by atoms with Crippen LogP contribution in [0, 0.1) is 0 Å². The van der Waals surface area contributed by atoms with Crippen LogP contribution in [0.1, 0.15) is 37.7 Å². The molecule has 0 unspecified atom stereocenters. The molecule has 2 fully saturated rings. The zero-order valence-electron chi connectivity index (χ0n) is 15.6. The minimum absolute atomic E-state index is 0.303. The highest BCUT2D eigenvalue weighted by molar-refractivity contribution is 5.78. The van der Waals surface area contributed by atoms with Crippen LogP contribution in [-0.4, -0.2) is 77.9 Å². The van der Waals surface area contributed by atoms with Gasteiger partial charge in [0.25, 0.3) is 0 Å². The third-order valence-corrected chi connectivity index (χ3v) is 5.81. The standard InChI is InChI=1S/C20H32N4O/c1-22(19-5-3-2-4-6-19)20(25)17-24-15-13-23(14-16-24)12-9-18-7-10-21-11-8-18/h7-8,10-11,19H,2-6,9,12-17H2,1H3. The molecule has 0 aromatic carbocycles. The van der Waals surface area contributed by atoms with Crippen LogP contribution in [0.3, 0.4) is 0 Å². The number of amides is 1. The number of nitrogens with zero attached hydrogens (tertiary/aromatic N) is 4. The number of hydrogen-bond acceptors (Lipinski definition) is 4. The average molecular weight is 345 g/mol. The second kappa shape index (κ2) is 9.30. The maximum absolute atomic E-state index is 12.6. The lowest BCUT2D eigenvalue weighted by Gasteiger charge is -2.37. The van der Waals surface area contributed by atoms with Crippen LogP contribution in [0.15, 0.2) is 24.5 Å². The van der Waals surface area contributed by atoms with E-state index in [9.17, 15) is 4.79 Å². The molecule has 1 aromatic rings. The molecule has 0 N–H and O–H groups in total. The number of rotatable bonds is 6. The molecule has 1 aliphatic carbocycles. The summed E-state index contributed by atoms with van der Waals surface area (Å²) in [5.74, 6) is 0.303. The van der Waals surface area contributed by atoms with Gasteiger partial charge in [0.2, 0.25) is 5.91 Å². The molecule has 0 bridgehead atoms. The van der Waals surface area contributed by atoms with Gasteiger partial charge in [0.1, 0.15) is 0 Å². The number of carbonyl (C=O) groups is 1. The quantitative estimate of drug-likeness (QED) is 0.792. The fourth-order valence-corrected chi connectivity index (χ4v) is 3.98. The molecule has 5 nitrogen and oxygen atoms in total. The van der Waals surface area contributed by atoms with Crippen LogP contribution in [0.25, 0.3) is 0 Å². The Morgan fingerprint density at radius 1 is 1.08 bits per heavy atom. The fraction of sp³-hybridized carbons (Fsp3) is 0.700. The zero-order valence-corrected chi connectivity index (χ0v) is 15.6. The second-order valence-corrected chi connectivity index (χ2v) is 7.52. The van der Waals surface area contributed by atoms with Gasteiger partial charge in [0, 0.05) is 58.2 Å². The van der Waals surface area contributed by atoms with E-state index in [4.69, 9.17) is 0 Å². The lowest BCUT2D eigenvalue weighted by molar-refractivity contribution is -0.134. The molecule has 1 saturated carbocycles. The van der Waals surface area contributed by atoms with Crippen molar-refractivity contribution < 1.29 is 4.79 Å². The molecule has 1 amide bonds. The second-order valence-electron chi connectivity index (χ2n) is 7.52. The largest absolute Gasteiger partial charge is 0.342 e. The van der Waals surface area contributed by atoms with Crippen molar-refractivity contribution in [3.63, 3.8) is 0 Å². The highest BCUT2D eigenvalue weighted by Gasteiger charge is 2.25. The Labute approximate surface area is 152 Å². The van der Waals surface area contributed by atoms with Gasteiger partial charge in [-0.1, -0.05) is 19.3 Å². The van der Waals surface area contributed by atoms with Crippen LogP contribution in [-0.2, 0) is 11.2 Å². The lowest BCUT2D eigenvalue weighted by atomic mass is 9.94. The smallest absolute Gasteiger partial charge is 0.236 e. The highest BCUT2D eigenvalue weighted by Crippen LogP contribution is 2.21. The van der Waals surface area contributed by atoms with Gasteiger partial charge in [0.15, 0.2) is 0 Å². The molecule has 2 heterocycles. The van der Waals surface area contributed by atoms with E-state index >= 15 is 0 Å². The minimum Gasteiger partial charge on any atom is -0.342 e. The Morgan fingerprint density at radius 2 is 1.72 bits per heavy atom. The maximum Gasteiger partial charge on any atom is 0.236 e. The van der Waals surface area contributed by atoms with Gasteiger partial charge in [-0.3, -0.25) is 14.7 Å². The van der Waals surface area contributed by atoms with E-state index in [1.54, 1.807) is 0 Å². The van der Waals surface area contributed by atoms with Gasteiger partial charge < -0.3 is 9.80 Å². The van der Waals surface area contributed by atoms with Crippen molar-refractivity contribution in [2.75, 3.05) is 46.3 Å². The van der Waals surface area contributed by atoms with Crippen molar-refractivity contribution in [3.05, 3.63) is 30.1 Å². The molecule has 3 rings (SSSR count). The van der Waals surface area contributed by atoms with E-state index in [0.717, 1.165) is 39.1 Å². The van der Waals surface area contributed by atoms with Crippen molar-refractivity contribution in [3.8, 4) is 0 Å². The first-order valence-corrected chi connectivity index (χ1v) is 9.81. The van der Waals surface area contributed by atoms with Crippen LogP contribution < -0.4 is 0 Å². The summed E-state index contributed by atoms with van der Waals surface area (Å²) < 4.78 is 0. The molecule has 0 radical (unpaired) electrons. The Morgan fingerprint density at radius 3 is 2.40 bits per heavy atom. The molecule has 1 aromatic heterocycles. The van der Waals surface area contributed by atoms with Gasteiger partial charge in [-0.05, 0) is 37.0 Å². The number of aromatic nitrogens is 1. The Bertz CT molecular complexity index is 522. The normalized spacial score (nSPS) is 20.5. The molecule has 1 saturated heterocycles. The van der Waals surface area contributed by atoms with Crippen LogP contribution in [0.2, 0.25) is 0 Å². The molecule has 0 atom stereocenters. The van der Waals surface area contributed by atoms with E-state index < -0.39 is 0 Å². The Balaban J connectivity index is 1.36. The van der Waals surface area contributed by atoms with E-state index in [2.05, 4.69) is 26.9 Å². The first-order valence-electron chi connectivity index (χ1n) is 9.81. The van der Waals surface area contributed by atoms with Crippen LogP contribution in [0.4, 0.5) is 0 Å². The van der Waals surface area contributed by atoms with Crippen molar-refractivity contribution in [2.45, 2.75) is 44.6 Å². The summed E-state index contributed by atoms with van der Waals surface area (Å²) in [5, 5.41) is 0. The summed E-state index contributed by atoms with van der Waals surface area (Å²) in [6.07, 6.45) is 11.1. The van der Waals surface area contributed by atoms with Crippen molar-refractivity contribution in [1.82, 2.24) is 19.7 Å². The highest BCUT2D eigenvalue weighted by atomic mass is 16.2. The molecule has 2 aliphatic rings. The lowest BCUT2D eigenvalue weighted by Crippen LogP contribution is -2.51. The number of hydrogen-bond donors (Lipinski definition) is 0. The number of carbonyl (C=O) groups excluding carboxylic acids is 1. The Kier molecular flexibility index (Phi) is 6.82. The molecule has 5 heteroatoms.